The van der Waals surface area contributed by atoms with E-state index in [-0.39, 0.29) is 10.6 Å². The lowest BCUT2D eigenvalue weighted by molar-refractivity contribution is 0.0698. The van der Waals surface area contributed by atoms with E-state index in [1.807, 2.05) is 54.6 Å². The molecule has 0 radical (unpaired) electrons. The molecule has 0 amide bonds. The molecule has 0 aliphatic heterocycles. The molecular weight excluding hydrogens is 324 g/mol. The lowest BCUT2D eigenvalue weighted by atomic mass is 9.99. The van der Waals surface area contributed by atoms with Crippen LogP contribution >= 0.6 is 11.6 Å². The highest BCUT2D eigenvalue weighted by atomic mass is 35.5. The second kappa shape index (κ2) is 7.20. The van der Waals surface area contributed by atoms with E-state index in [2.05, 4.69) is 0 Å². The van der Waals surface area contributed by atoms with Gasteiger partial charge in [-0.1, -0.05) is 66.2 Å². The Hall–Kier alpha value is -2.78. The van der Waals surface area contributed by atoms with Gasteiger partial charge in [-0.3, -0.25) is 0 Å². The molecule has 1 N–H and O–H groups in total. The summed E-state index contributed by atoms with van der Waals surface area (Å²) in [5.74, 6) is -0.376. The minimum absolute atomic E-state index is 0.0966. The molecule has 3 aromatic carbocycles. The molecule has 0 heterocycles. The van der Waals surface area contributed by atoms with Gasteiger partial charge in [-0.15, -0.1) is 0 Å². The van der Waals surface area contributed by atoms with Gasteiger partial charge in [-0.25, -0.2) is 4.79 Å². The maximum absolute atomic E-state index is 11.5. The molecule has 0 saturated heterocycles. The Kier molecular flexibility index (Phi) is 4.82. The number of ether oxygens (including phenoxy) is 1. The number of carbonyl (C=O) groups is 1. The largest absolute Gasteiger partial charge is 0.489 e. The van der Waals surface area contributed by atoms with Gasteiger partial charge in [0, 0.05) is 0 Å². The van der Waals surface area contributed by atoms with Crippen molar-refractivity contribution in [2.24, 2.45) is 0 Å². The third kappa shape index (κ3) is 3.58. The van der Waals surface area contributed by atoms with E-state index in [0.717, 1.165) is 11.1 Å². The summed E-state index contributed by atoms with van der Waals surface area (Å²) in [6.07, 6.45) is 0. The van der Waals surface area contributed by atoms with E-state index in [1.165, 1.54) is 0 Å². The molecule has 3 rings (SSSR count). The van der Waals surface area contributed by atoms with Crippen LogP contribution in [0.15, 0.2) is 72.8 Å². The first-order valence-corrected chi connectivity index (χ1v) is 7.82. The number of carboxylic acids is 1. The highest BCUT2D eigenvalue weighted by molar-refractivity contribution is 6.34. The summed E-state index contributed by atoms with van der Waals surface area (Å²) in [7, 11) is 0. The first kappa shape index (κ1) is 16.1. The summed E-state index contributed by atoms with van der Waals surface area (Å²) in [5, 5.41) is 9.63. The predicted octanol–water partition coefficient (Wildman–Crippen LogP) is 5.28. The van der Waals surface area contributed by atoms with Crippen LogP contribution in [0.3, 0.4) is 0 Å². The van der Waals surface area contributed by atoms with Gasteiger partial charge >= 0.3 is 5.97 Å². The van der Waals surface area contributed by atoms with Crippen LogP contribution in [-0.4, -0.2) is 11.1 Å². The van der Waals surface area contributed by atoms with Gasteiger partial charge < -0.3 is 9.84 Å². The van der Waals surface area contributed by atoms with Crippen molar-refractivity contribution in [3.05, 3.63) is 88.9 Å². The Morgan fingerprint density at radius 3 is 2.46 bits per heavy atom. The summed E-state index contributed by atoms with van der Waals surface area (Å²) >= 11 is 6.04. The Morgan fingerprint density at radius 2 is 1.71 bits per heavy atom. The van der Waals surface area contributed by atoms with E-state index in [1.54, 1.807) is 18.2 Å². The average Bonchev–Trinajstić information content (AvgIpc) is 2.60. The van der Waals surface area contributed by atoms with Crippen molar-refractivity contribution < 1.29 is 14.6 Å². The fraction of sp³-hybridized carbons (Fsp3) is 0.0500. The molecule has 0 atom stereocenters. The molecule has 0 aliphatic carbocycles. The number of carboxylic acid groups (broad SMARTS) is 1. The third-order valence-electron chi connectivity index (χ3n) is 3.62. The summed E-state index contributed by atoms with van der Waals surface area (Å²) in [4.78, 5) is 11.5. The van der Waals surface area contributed by atoms with Gasteiger partial charge in [0.1, 0.15) is 12.4 Å². The molecule has 0 aromatic heterocycles. The van der Waals surface area contributed by atoms with E-state index in [9.17, 15) is 9.90 Å². The van der Waals surface area contributed by atoms with Crippen molar-refractivity contribution in [3.63, 3.8) is 0 Å². The fourth-order valence-corrected chi connectivity index (χ4v) is 2.73. The van der Waals surface area contributed by atoms with Crippen LogP contribution in [0.1, 0.15) is 15.9 Å². The first-order valence-electron chi connectivity index (χ1n) is 7.44. The van der Waals surface area contributed by atoms with Crippen LogP contribution in [0, 0.1) is 0 Å². The van der Waals surface area contributed by atoms with Crippen molar-refractivity contribution in [2.75, 3.05) is 0 Å². The lowest BCUT2D eigenvalue weighted by Crippen LogP contribution is -2.01. The molecule has 0 bridgehead atoms. The average molecular weight is 339 g/mol. The zero-order chi connectivity index (χ0) is 16.9. The maximum Gasteiger partial charge on any atom is 0.337 e. The second-order valence-electron chi connectivity index (χ2n) is 5.27. The van der Waals surface area contributed by atoms with Crippen molar-refractivity contribution in [1.29, 1.82) is 0 Å². The molecule has 24 heavy (non-hydrogen) atoms. The zero-order valence-corrected chi connectivity index (χ0v) is 13.5. The van der Waals surface area contributed by atoms with Gasteiger partial charge in [-0.2, -0.15) is 0 Å². The lowest BCUT2D eigenvalue weighted by Gasteiger charge is -2.11. The number of aromatic carboxylic acids is 1. The number of hydrogen-bond acceptors (Lipinski definition) is 2. The van der Waals surface area contributed by atoms with Gasteiger partial charge in [0.15, 0.2) is 0 Å². The third-order valence-corrected chi connectivity index (χ3v) is 3.94. The summed E-state index contributed by atoms with van der Waals surface area (Å²) < 4.78 is 5.80. The van der Waals surface area contributed by atoms with Gasteiger partial charge in [-0.05, 0) is 34.9 Å². The molecule has 0 fully saturated rings. The number of rotatable bonds is 5. The zero-order valence-electron chi connectivity index (χ0n) is 12.8. The maximum atomic E-state index is 11.5. The Morgan fingerprint density at radius 1 is 0.958 bits per heavy atom. The first-order chi connectivity index (χ1) is 11.6. The van der Waals surface area contributed by atoms with Crippen molar-refractivity contribution >= 4 is 17.6 Å². The molecule has 0 unspecified atom stereocenters. The van der Waals surface area contributed by atoms with Crippen LogP contribution in [0.25, 0.3) is 11.1 Å². The van der Waals surface area contributed by atoms with Gasteiger partial charge in [0.25, 0.3) is 0 Å². The van der Waals surface area contributed by atoms with Crippen molar-refractivity contribution in [2.45, 2.75) is 6.61 Å². The smallest absolute Gasteiger partial charge is 0.337 e. The molecule has 3 aromatic rings. The van der Waals surface area contributed by atoms with E-state index >= 15 is 0 Å². The van der Waals surface area contributed by atoms with Crippen LogP contribution in [0.4, 0.5) is 0 Å². The molecular formula is C20H15ClO3. The van der Waals surface area contributed by atoms with E-state index in [4.69, 9.17) is 16.3 Å². The minimum Gasteiger partial charge on any atom is -0.489 e. The van der Waals surface area contributed by atoms with Crippen LogP contribution in [0.2, 0.25) is 5.02 Å². The highest BCUT2D eigenvalue weighted by Crippen LogP contribution is 2.31. The monoisotopic (exact) mass is 338 g/mol. The van der Waals surface area contributed by atoms with Gasteiger partial charge in [0.05, 0.1) is 10.6 Å². The number of benzene rings is 3. The summed E-state index contributed by atoms with van der Waals surface area (Å²) in [5.41, 5.74) is 2.48. The second-order valence-corrected chi connectivity index (χ2v) is 5.68. The number of hydrogen-bond donors (Lipinski definition) is 1. The quantitative estimate of drug-likeness (QED) is 0.688. The Bertz CT molecular complexity index is 860. The molecule has 3 nitrogen and oxygen atoms in total. The molecule has 120 valence electrons. The summed E-state index contributed by atoms with van der Waals surface area (Å²) in [6, 6.07) is 22.2. The van der Waals surface area contributed by atoms with Crippen molar-refractivity contribution in [1.82, 2.24) is 0 Å². The number of halogens is 1. The fourth-order valence-electron chi connectivity index (χ4n) is 2.48. The summed E-state index contributed by atoms with van der Waals surface area (Å²) in [6.45, 7) is 0.450. The van der Waals surface area contributed by atoms with Crippen LogP contribution in [-0.2, 0) is 6.61 Å². The van der Waals surface area contributed by atoms with Gasteiger partial charge in [0.2, 0.25) is 0 Å². The van der Waals surface area contributed by atoms with Crippen LogP contribution in [0.5, 0.6) is 5.75 Å². The standard InChI is InChI=1S/C20H15ClO3/c21-18-11-5-10-17(19(18)20(22)23)15-8-4-9-16(12-15)24-13-14-6-2-1-3-7-14/h1-12H,13H2,(H,22,23). The highest BCUT2D eigenvalue weighted by Gasteiger charge is 2.15. The molecule has 0 spiro atoms. The van der Waals surface area contributed by atoms with Crippen LogP contribution < -0.4 is 4.74 Å². The molecule has 4 heteroatoms. The van der Waals surface area contributed by atoms with E-state index in [0.29, 0.717) is 17.9 Å². The minimum atomic E-state index is -1.05. The van der Waals surface area contributed by atoms with E-state index < -0.39 is 5.97 Å². The normalized spacial score (nSPS) is 10.4. The Labute approximate surface area is 145 Å². The topological polar surface area (TPSA) is 46.5 Å². The predicted molar refractivity (Wildman–Crippen MR) is 94.6 cm³/mol. The van der Waals surface area contributed by atoms with Crippen molar-refractivity contribution in [3.8, 4) is 16.9 Å². The SMILES string of the molecule is O=C(O)c1c(Cl)cccc1-c1cccc(OCc2ccccc2)c1. The Balaban J connectivity index is 1.89. The molecule has 0 saturated carbocycles. The molecule has 0 aliphatic rings.